The Kier molecular flexibility index (Phi) is 6.73. The van der Waals surface area contributed by atoms with Crippen LogP contribution in [0.4, 0.5) is 0 Å². The molecule has 0 unspecified atom stereocenters. The van der Waals surface area contributed by atoms with E-state index in [9.17, 15) is 14.7 Å². The van der Waals surface area contributed by atoms with Crippen LogP contribution in [0.5, 0.6) is 23.0 Å². The van der Waals surface area contributed by atoms with Crippen LogP contribution < -0.4 is 25.0 Å². The zero-order valence-corrected chi connectivity index (χ0v) is 18.1. The molecule has 0 spiro atoms. The van der Waals surface area contributed by atoms with Gasteiger partial charge >= 0.3 is 0 Å². The van der Waals surface area contributed by atoms with Crippen LogP contribution in [0.25, 0.3) is 6.08 Å². The number of carbonyl (C=O) groups is 2. The van der Waals surface area contributed by atoms with E-state index in [1.807, 2.05) is 0 Å². The first-order valence-electron chi connectivity index (χ1n) is 10.2. The van der Waals surface area contributed by atoms with Crippen LogP contribution in [0.3, 0.4) is 0 Å². The first-order chi connectivity index (χ1) is 16.5. The van der Waals surface area contributed by atoms with E-state index in [0.717, 1.165) is 0 Å². The second-order valence-electron chi connectivity index (χ2n) is 7.12. The van der Waals surface area contributed by atoms with Crippen molar-refractivity contribution < 1.29 is 28.9 Å². The maximum atomic E-state index is 12.9. The fourth-order valence-electron chi connectivity index (χ4n) is 3.12. The van der Waals surface area contributed by atoms with E-state index < -0.39 is 11.8 Å². The summed E-state index contributed by atoms with van der Waals surface area (Å²) in [6.45, 7) is 0.121. The molecule has 0 aromatic heterocycles. The number of aromatic hydroxyl groups is 1. The van der Waals surface area contributed by atoms with Gasteiger partial charge in [0.25, 0.3) is 11.8 Å². The zero-order valence-electron chi connectivity index (χ0n) is 18.1. The number of carbonyl (C=O) groups excluding carboxylic acids is 2. The number of phenols is 1. The summed E-state index contributed by atoms with van der Waals surface area (Å²) >= 11 is 0. The van der Waals surface area contributed by atoms with Crippen molar-refractivity contribution >= 4 is 24.1 Å². The lowest BCUT2D eigenvalue weighted by molar-refractivity contribution is -0.117. The summed E-state index contributed by atoms with van der Waals surface area (Å²) in [4.78, 5) is 25.5. The minimum Gasteiger partial charge on any atom is -0.504 e. The summed E-state index contributed by atoms with van der Waals surface area (Å²) in [6.07, 6.45) is 2.86. The van der Waals surface area contributed by atoms with Gasteiger partial charge in [0, 0.05) is 5.56 Å². The minimum absolute atomic E-state index is 0.0255. The standard InChI is InChI=1S/C25H21N3O6/c1-32-21-9-8-17(12-20(21)29)14-26-28-25(31)19(27-24(30)18-5-3-2-4-6-18)11-16-7-10-22-23(13-16)34-15-33-22/h2-14,29H,15H2,1H3,(H,27,30)(H,28,31)/b19-11+,26-14+. The van der Waals surface area contributed by atoms with Crippen LogP contribution in [-0.2, 0) is 4.79 Å². The maximum absolute atomic E-state index is 12.9. The van der Waals surface area contributed by atoms with Gasteiger partial charge in [-0.15, -0.1) is 0 Å². The molecule has 1 aliphatic rings. The normalized spacial score (nSPS) is 12.4. The summed E-state index contributed by atoms with van der Waals surface area (Å²) < 4.78 is 15.7. The van der Waals surface area contributed by atoms with Crippen molar-refractivity contribution in [2.75, 3.05) is 13.9 Å². The van der Waals surface area contributed by atoms with E-state index in [4.69, 9.17) is 14.2 Å². The van der Waals surface area contributed by atoms with Gasteiger partial charge in [-0.1, -0.05) is 24.3 Å². The highest BCUT2D eigenvalue weighted by Gasteiger charge is 2.17. The van der Waals surface area contributed by atoms with Gasteiger partial charge in [0.05, 0.1) is 13.3 Å². The fraction of sp³-hybridized carbons (Fsp3) is 0.0800. The largest absolute Gasteiger partial charge is 0.504 e. The molecule has 9 heteroatoms. The highest BCUT2D eigenvalue weighted by molar-refractivity contribution is 6.05. The monoisotopic (exact) mass is 459 g/mol. The van der Waals surface area contributed by atoms with Crippen molar-refractivity contribution in [2.45, 2.75) is 0 Å². The molecule has 0 bridgehead atoms. The van der Waals surface area contributed by atoms with E-state index in [2.05, 4.69) is 15.8 Å². The highest BCUT2D eigenvalue weighted by Crippen LogP contribution is 2.33. The van der Waals surface area contributed by atoms with Gasteiger partial charge in [-0.25, -0.2) is 5.43 Å². The molecule has 172 valence electrons. The number of fused-ring (bicyclic) bond motifs is 1. The Labute approximate surface area is 195 Å². The first kappa shape index (κ1) is 22.4. The molecule has 34 heavy (non-hydrogen) atoms. The lowest BCUT2D eigenvalue weighted by atomic mass is 10.1. The highest BCUT2D eigenvalue weighted by atomic mass is 16.7. The number of hydrogen-bond acceptors (Lipinski definition) is 7. The smallest absolute Gasteiger partial charge is 0.287 e. The topological polar surface area (TPSA) is 118 Å². The van der Waals surface area contributed by atoms with E-state index in [0.29, 0.717) is 33.9 Å². The molecule has 0 fully saturated rings. The second-order valence-corrected chi connectivity index (χ2v) is 7.12. The molecule has 3 aromatic rings. The third kappa shape index (κ3) is 5.33. The molecule has 3 N–H and O–H groups in total. The molecule has 2 amide bonds. The Morgan fingerprint density at radius 3 is 2.53 bits per heavy atom. The van der Waals surface area contributed by atoms with Crippen molar-refractivity contribution in [3.63, 3.8) is 0 Å². The predicted molar refractivity (Wildman–Crippen MR) is 125 cm³/mol. The lowest BCUT2D eigenvalue weighted by Gasteiger charge is -2.09. The van der Waals surface area contributed by atoms with Crippen molar-refractivity contribution in [3.8, 4) is 23.0 Å². The molecule has 0 atom stereocenters. The first-order valence-corrected chi connectivity index (χ1v) is 10.2. The molecular weight excluding hydrogens is 438 g/mol. The average molecular weight is 459 g/mol. The SMILES string of the molecule is COc1ccc(/C=N/NC(=O)/C(=C\c2ccc3c(c2)OCO3)NC(=O)c2ccccc2)cc1O. The number of amides is 2. The Morgan fingerprint density at radius 2 is 1.76 bits per heavy atom. The molecule has 1 aliphatic heterocycles. The molecular formula is C25H21N3O6. The summed E-state index contributed by atoms with van der Waals surface area (Å²) in [5, 5.41) is 16.4. The van der Waals surface area contributed by atoms with Crippen LogP contribution in [0.15, 0.2) is 77.5 Å². The van der Waals surface area contributed by atoms with Crippen molar-refractivity contribution in [2.24, 2.45) is 5.10 Å². The Hall–Kier alpha value is -4.79. The number of phenolic OH excluding ortho intramolecular Hbond substituents is 1. The summed E-state index contributed by atoms with van der Waals surface area (Å²) in [6, 6.07) is 18.4. The molecule has 0 radical (unpaired) electrons. The van der Waals surface area contributed by atoms with Gasteiger partial charge < -0.3 is 24.6 Å². The van der Waals surface area contributed by atoms with E-state index in [-0.39, 0.29) is 18.2 Å². The second kappa shape index (κ2) is 10.2. The van der Waals surface area contributed by atoms with E-state index in [1.165, 1.54) is 25.5 Å². The summed E-state index contributed by atoms with van der Waals surface area (Å²) in [5.74, 6) is 0.307. The number of nitrogens with zero attached hydrogens (tertiary/aromatic N) is 1. The van der Waals surface area contributed by atoms with Gasteiger partial charge in [0.2, 0.25) is 6.79 Å². The van der Waals surface area contributed by atoms with Crippen molar-refractivity contribution in [1.82, 2.24) is 10.7 Å². The van der Waals surface area contributed by atoms with Crippen LogP contribution >= 0.6 is 0 Å². The van der Waals surface area contributed by atoms with Gasteiger partial charge in [0.15, 0.2) is 23.0 Å². The number of rotatable bonds is 7. The van der Waals surface area contributed by atoms with Gasteiger partial charge in [-0.2, -0.15) is 5.10 Å². The molecule has 1 heterocycles. The molecule has 4 rings (SSSR count). The van der Waals surface area contributed by atoms with Gasteiger partial charge in [0.1, 0.15) is 5.70 Å². The van der Waals surface area contributed by atoms with Crippen molar-refractivity contribution in [3.05, 3.63) is 89.1 Å². The Balaban J connectivity index is 1.54. The number of nitrogens with one attached hydrogen (secondary N) is 2. The van der Waals surface area contributed by atoms with Crippen LogP contribution in [0, 0.1) is 0 Å². The predicted octanol–water partition coefficient (Wildman–Crippen LogP) is 3.05. The quantitative estimate of drug-likeness (QED) is 0.284. The van der Waals surface area contributed by atoms with Gasteiger partial charge in [-0.05, 0) is 59.7 Å². The zero-order chi connectivity index (χ0) is 23.9. The van der Waals surface area contributed by atoms with Crippen molar-refractivity contribution in [1.29, 1.82) is 0 Å². The minimum atomic E-state index is -0.643. The molecule has 3 aromatic carbocycles. The molecule has 0 aliphatic carbocycles. The fourth-order valence-corrected chi connectivity index (χ4v) is 3.12. The Morgan fingerprint density at radius 1 is 1.00 bits per heavy atom. The van der Waals surface area contributed by atoms with Crippen LogP contribution in [0.1, 0.15) is 21.5 Å². The van der Waals surface area contributed by atoms with Crippen LogP contribution in [-0.4, -0.2) is 37.0 Å². The Bertz CT molecular complexity index is 1270. The number of methoxy groups -OCH3 is 1. The third-order valence-electron chi connectivity index (χ3n) is 4.82. The number of benzene rings is 3. The number of hydrogen-bond donors (Lipinski definition) is 3. The maximum Gasteiger partial charge on any atom is 0.287 e. The average Bonchev–Trinajstić information content (AvgIpc) is 3.32. The molecule has 0 saturated heterocycles. The number of ether oxygens (including phenoxy) is 3. The molecule has 9 nitrogen and oxygen atoms in total. The van der Waals surface area contributed by atoms with E-state index in [1.54, 1.807) is 60.7 Å². The summed E-state index contributed by atoms with van der Waals surface area (Å²) in [7, 11) is 1.45. The van der Waals surface area contributed by atoms with E-state index >= 15 is 0 Å². The molecule has 0 saturated carbocycles. The number of hydrazone groups is 1. The van der Waals surface area contributed by atoms with Crippen LogP contribution in [0.2, 0.25) is 0 Å². The van der Waals surface area contributed by atoms with Gasteiger partial charge in [-0.3, -0.25) is 9.59 Å². The summed E-state index contributed by atoms with van der Waals surface area (Å²) in [5.41, 5.74) is 3.91. The lowest BCUT2D eigenvalue weighted by Crippen LogP contribution is -2.32. The third-order valence-corrected chi connectivity index (χ3v) is 4.82.